The highest BCUT2D eigenvalue weighted by molar-refractivity contribution is 8.00. The lowest BCUT2D eigenvalue weighted by molar-refractivity contribution is -0.385. The lowest BCUT2D eigenvalue weighted by atomic mass is 10.1. The van der Waals surface area contributed by atoms with Gasteiger partial charge in [-0.05, 0) is 38.1 Å². The van der Waals surface area contributed by atoms with E-state index < -0.39 is 32.3 Å². The molecule has 0 aliphatic carbocycles. The van der Waals surface area contributed by atoms with E-state index in [9.17, 15) is 29.8 Å². The third-order valence-corrected chi connectivity index (χ3v) is 10.1. The third kappa shape index (κ3) is 6.80. The van der Waals surface area contributed by atoms with Crippen LogP contribution < -0.4 is 0 Å². The number of hydrogen-bond acceptors (Lipinski definition) is 12. The fourth-order valence-corrected chi connectivity index (χ4v) is 7.16. The number of thioether (sulfide) groups is 2. The summed E-state index contributed by atoms with van der Waals surface area (Å²) in [6.45, 7) is 3.23. The van der Waals surface area contributed by atoms with Crippen molar-refractivity contribution in [3.05, 3.63) is 104 Å². The number of fused-ring (bicyclic) bond motifs is 6. The third-order valence-electron chi connectivity index (χ3n) is 7.83. The molecule has 2 heterocycles. The highest BCUT2D eigenvalue weighted by Gasteiger charge is 2.25. The molecule has 12 nitrogen and oxygen atoms in total. The van der Waals surface area contributed by atoms with E-state index >= 15 is 0 Å². The maximum absolute atomic E-state index is 12.4. The van der Waals surface area contributed by atoms with Gasteiger partial charge in [0.15, 0.2) is 0 Å². The molecular formula is C34H28N2O10S2. The second-order valence-corrected chi connectivity index (χ2v) is 13.5. The first-order valence-corrected chi connectivity index (χ1v) is 16.9. The van der Waals surface area contributed by atoms with Crippen LogP contribution in [0.3, 0.4) is 0 Å². The molecule has 6 rings (SSSR count). The van der Waals surface area contributed by atoms with Gasteiger partial charge in [-0.15, -0.1) is 23.5 Å². The number of ether oxygens (including phenoxy) is 2. The smallest absolute Gasteiger partial charge is 0.316 e. The number of carbonyl (C=O) groups excluding carboxylic acids is 2. The molecule has 14 heteroatoms. The molecule has 0 amide bonds. The summed E-state index contributed by atoms with van der Waals surface area (Å²) < 4.78 is 22.0. The van der Waals surface area contributed by atoms with Crippen LogP contribution in [0.2, 0.25) is 0 Å². The molecule has 2 atom stereocenters. The van der Waals surface area contributed by atoms with Crippen molar-refractivity contribution >= 4 is 90.7 Å². The maximum Gasteiger partial charge on any atom is 0.316 e. The topological polar surface area (TPSA) is 165 Å². The first-order chi connectivity index (χ1) is 23.1. The number of benzene rings is 4. The molecule has 6 aromatic rings. The van der Waals surface area contributed by atoms with Gasteiger partial charge in [0.25, 0.3) is 11.4 Å². The molecule has 0 fully saturated rings. The quantitative estimate of drug-likeness (QED) is 0.0491. The van der Waals surface area contributed by atoms with E-state index in [-0.39, 0.29) is 36.1 Å². The lowest BCUT2D eigenvalue weighted by Gasteiger charge is -2.13. The highest BCUT2D eigenvalue weighted by atomic mass is 32.2. The Kier molecular flexibility index (Phi) is 9.55. The van der Waals surface area contributed by atoms with E-state index in [1.807, 2.05) is 36.4 Å². The molecule has 0 saturated carbocycles. The summed E-state index contributed by atoms with van der Waals surface area (Å²) in [5.74, 6) is -1.26. The van der Waals surface area contributed by atoms with Crippen LogP contribution in [-0.4, -0.2) is 46.5 Å². The Labute approximate surface area is 281 Å². The second kappa shape index (κ2) is 14.0. The van der Waals surface area contributed by atoms with Crippen molar-refractivity contribution in [2.24, 2.45) is 0 Å². The molecule has 0 saturated heterocycles. The molecule has 0 bridgehead atoms. The molecule has 0 aliphatic rings. The Morgan fingerprint density at radius 1 is 0.646 bits per heavy atom. The van der Waals surface area contributed by atoms with Gasteiger partial charge in [-0.2, -0.15) is 0 Å². The van der Waals surface area contributed by atoms with E-state index in [0.717, 1.165) is 21.5 Å². The van der Waals surface area contributed by atoms with E-state index in [2.05, 4.69) is 0 Å². The molecule has 4 aromatic carbocycles. The lowest BCUT2D eigenvalue weighted by Crippen LogP contribution is -2.16. The van der Waals surface area contributed by atoms with Crippen LogP contribution in [0.25, 0.3) is 43.9 Å². The van der Waals surface area contributed by atoms with E-state index in [0.29, 0.717) is 33.5 Å². The first kappa shape index (κ1) is 32.8. The van der Waals surface area contributed by atoms with Crippen LogP contribution in [0.15, 0.2) is 81.6 Å². The summed E-state index contributed by atoms with van der Waals surface area (Å²) >= 11 is 2.38. The zero-order valence-electron chi connectivity index (χ0n) is 25.7. The Bertz CT molecular complexity index is 2050. The van der Waals surface area contributed by atoms with Gasteiger partial charge >= 0.3 is 11.9 Å². The summed E-state index contributed by atoms with van der Waals surface area (Å²) in [5.41, 5.74) is 2.80. The number of nitrogens with zero attached hydrogens (tertiary/aromatic N) is 2. The van der Waals surface area contributed by atoms with Crippen LogP contribution in [0, 0.1) is 20.2 Å². The number of furan rings is 2. The van der Waals surface area contributed by atoms with Gasteiger partial charge < -0.3 is 18.3 Å². The second-order valence-electron chi connectivity index (χ2n) is 10.9. The number of para-hydroxylation sites is 2. The van der Waals surface area contributed by atoms with Crippen molar-refractivity contribution in [3.8, 4) is 0 Å². The maximum atomic E-state index is 12.4. The molecule has 2 aromatic heterocycles. The van der Waals surface area contributed by atoms with Crippen molar-refractivity contribution in [1.82, 2.24) is 0 Å². The van der Waals surface area contributed by atoms with Gasteiger partial charge in [0, 0.05) is 43.2 Å². The van der Waals surface area contributed by atoms with E-state index in [1.165, 1.54) is 35.7 Å². The number of hydrogen-bond donors (Lipinski definition) is 0. The standard InChI is InChI=1S/C34H28N2O10S2/c1-19(23-13-25-21-7-3-5-9-29(21)45-31(25)15-27(23)35(39)40)47-17-33(37)43-11-12-44-34(38)18-48-20(2)24-14-26-22-8-4-6-10-30(22)46-32(26)16-28(24)36(41)42/h3-10,13-16,19-20H,11-12,17-18H2,1-2H3. The Balaban J connectivity index is 0.982. The molecule has 48 heavy (non-hydrogen) atoms. The number of rotatable bonds is 13. The number of nitro groups is 2. The summed E-state index contributed by atoms with van der Waals surface area (Å²) in [4.78, 5) is 47.5. The molecule has 0 aliphatic heterocycles. The molecule has 0 radical (unpaired) electrons. The minimum atomic E-state index is -0.558. The van der Waals surface area contributed by atoms with Crippen LogP contribution >= 0.6 is 23.5 Å². The average Bonchev–Trinajstić information content (AvgIpc) is 3.64. The monoisotopic (exact) mass is 688 g/mol. The number of carbonyl (C=O) groups is 2. The fraction of sp³-hybridized carbons (Fsp3) is 0.235. The van der Waals surface area contributed by atoms with Crippen LogP contribution in [-0.2, 0) is 19.1 Å². The zero-order chi connectivity index (χ0) is 33.9. The summed E-state index contributed by atoms with van der Waals surface area (Å²) in [5, 5.41) is 26.0. The van der Waals surface area contributed by atoms with E-state index in [4.69, 9.17) is 18.3 Å². The van der Waals surface area contributed by atoms with Gasteiger partial charge in [0.2, 0.25) is 0 Å². The van der Waals surface area contributed by atoms with Crippen LogP contribution in [0.5, 0.6) is 0 Å². The van der Waals surface area contributed by atoms with Gasteiger partial charge in [0.1, 0.15) is 35.5 Å². The highest BCUT2D eigenvalue weighted by Crippen LogP contribution is 2.41. The Morgan fingerprint density at radius 2 is 1.04 bits per heavy atom. The minimum absolute atomic E-state index is 0.0706. The normalized spacial score (nSPS) is 12.8. The summed E-state index contributed by atoms with van der Waals surface area (Å²) in [6, 6.07) is 21.0. The van der Waals surface area contributed by atoms with Crippen molar-refractivity contribution in [2.75, 3.05) is 24.7 Å². The Morgan fingerprint density at radius 3 is 1.44 bits per heavy atom. The summed E-state index contributed by atoms with van der Waals surface area (Å²) in [7, 11) is 0. The van der Waals surface area contributed by atoms with Gasteiger partial charge in [-0.1, -0.05) is 36.4 Å². The van der Waals surface area contributed by atoms with Crippen LogP contribution in [0.1, 0.15) is 35.5 Å². The largest absolute Gasteiger partial charge is 0.461 e. The fourth-order valence-electron chi connectivity index (χ4n) is 5.48. The number of esters is 2. The SMILES string of the molecule is CC(SCC(=O)OCCOC(=O)CSC(C)c1cc2c(cc1[N+](=O)[O-])oc1ccccc12)c1cc2c(cc1[N+](=O)[O-])oc1ccccc12. The minimum Gasteiger partial charge on any atom is -0.461 e. The molecular weight excluding hydrogens is 661 g/mol. The summed E-state index contributed by atoms with van der Waals surface area (Å²) in [6.07, 6.45) is 0. The van der Waals surface area contributed by atoms with E-state index in [1.54, 1.807) is 38.1 Å². The zero-order valence-corrected chi connectivity index (χ0v) is 27.3. The molecule has 2 unspecified atom stereocenters. The average molecular weight is 689 g/mol. The van der Waals surface area contributed by atoms with Crippen LogP contribution in [0.4, 0.5) is 11.4 Å². The predicted molar refractivity (Wildman–Crippen MR) is 184 cm³/mol. The Hall–Kier alpha value is -5.08. The molecule has 246 valence electrons. The van der Waals surface area contributed by atoms with Gasteiger partial charge in [-0.3, -0.25) is 29.8 Å². The van der Waals surface area contributed by atoms with Crippen molar-refractivity contribution in [2.45, 2.75) is 24.3 Å². The van der Waals surface area contributed by atoms with Crippen molar-refractivity contribution < 1.29 is 37.7 Å². The molecule has 0 N–H and O–H groups in total. The predicted octanol–water partition coefficient (Wildman–Crippen LogP) is 8.68. The first-order valence-electron chi connectivity index (χ1n) is 14.8. The number of nitro benzene ring substituents is 2. The van der Waals surface area contributed by atoms with Gasteiger partial charge in [-0.25, -0.2) is 0 Å². The van der Waals surface area contributed by atoms with Crippen molar-refractivity contribution in [1.29, 1.82) is 0 Å². The van der Waals surface area contributed by atoms with Crippen molar-refractivity contribution in [3.63, 3.8) is 0 Å². The van der Waals surface area contributed by atoms with Gasteiger partial charge in [0.05, 0.1) is 33.5 Å². The molecule has 0 spiro atoms.